The molecule has 0 atom stereocenters. The van der Waals surface area contributed by atoms with Crippen LogP contribution in [0.25, 0.3) is 0 Å². The average Bonchev–Trinajstić information content (AvgIpc) is 1.98. The standard InChI is InChI=1S/C14H29N/c1-6-7-8-15-12-9-13(2,3)11-14(4,5)10-12/h12,15H,6-11H2,1-5H3. The molecule has 0 unspecified atom stereocenters. The van der Waals surface area contributed by atoms with E-state index in [-0.39, 0.29) is 0 Å². The van der Waals surface area contributed by atoms with Crippen LogP contribution in [0.5, 0.6) is 0 Å². The van der Waals surface area contributed by atoms with Crippen LogP contribution in [-0.2, 0) is 0 Å². The average molecular weight is 211 g/mol. The zero-order chi connectivity index (χ0) is 11.5. The smallest absolute Gasteiger partial charge is 0.00772 e. The monoisotopic (exact) mass is 211 g/mol. The van der Waals surface area contributed by atoms with Crippen LogP contribution in [0.3, 0.4) is 0 Å². The van der Waals surface area contributed by atoms with Crippen molar-refractivity contribution in [3.8, 4) is 0 Å². The van der Waals surface area contributed by atoms with Gasteiger partial charge in [-0.05, 0) is 43.1 Å². The van der Waals surface area contributed by atoms with E-state index in [1.54, 1.807) is 0 Å². The normalized spacial score (nSPS) is 25.4. The van der Waals surface area contributed by atoms with E-state index in [4.69, 9.17) is 0 Å². The topological polar surface area (TPSA) is 12.0 Å². The first-order valence-corrected chi connectivity index (χ1v) is 6.58. The molecule has 0 spiro atoms. The van der Waals surface area contributed by atoms with Gasteiger partial charge in [0.15, 0.2) is 0 Å². The minimum absolute atomic E-state index is 0.519. The molecular formula is C14H29N. The Balaban J connectivity index is 2.44. The summed E-state index contributed by atoms with van der Waals surface area (Å²) >= 11 is 0. The maximum Gasteiger partial charge on any atom is 0.00772 e. The van der Waals surface area contributed by atoms with Gasteiger partial charge in [-0.2, -0.15) is 0 Å². The molecule has 1 N–H and O–H groups in total. The van der Waals surface area contributed by atoms with Crippen molar-refractivity contribution in [2.75, 3.05) is 6.54 Å². The summed E-state index contributed by atoms with van der Waals surface area (Å²) in [6, 6.07) is 0.746. The molecule has 0 amide bonds. The number of unbranched alkanes of at least 4 members (excludes halogenated alkanes) is 1. The third-order valence-electron chi connectivity index (χ3n) is 3.52. The van der Waals surface area contributed by atoms with Gasteiger partial charge >= 0.3 is 0 Å². The predicted octanol–water partition coefficient (Wildman–Crippen LogP) is 3.98. The number of hydrogen-bond donors (Lipinski definition) is 1. The summed E-state index contributed by atoms with van der Waals surface area (Å²) in [5, 5.41) is 3.73. The first kappa shape index (κ1) is 13.0. The Labute approximate surface area is 96.0 Å². The van der Waals surface area contributed by atoms with E-state index in [0.29, 0.717) is 10.8 Å². The second-order valence-corrected chi connectivity index (χ2v) is 6.92. The summed E-state index contributed by atoms with van der Waals surface area (Å²) < 4.78 is 0. The highest BCUT2D eigenvalue weighted by molar-refractivity contribution is 4.92. The maximum absolute atomic E-state index is 3.73. The van der Waals surface area contributed by atoms with Crippen LogP contribution in [0.4, 0.5) is 0 Å². The van der Waals surface area contributed by atoms with Gasteiger partial charge in [-0.25, -0.2) is 0 Å². The molecule has 0 heterocycles. The van der Waals surface area contributed by atoms with Gasteiger partial charge < -0.3 is 5.32 Å². The van der Waals surface area contributed by atoms with Gasteiger partial charge in [0.2, 0.25) is 0 Å². The third kappa shape index (κ3) is 4.55. The van der Waals surface area contributed by atoms with Crippen molar-refractivity contribution in [2.24, 2.45) is 10.8 Å². The molecule has 1 nitrogen and oxygen atoms in total. The lowest BCUT2D eigenvalue weighted by Gasteiger charge is -2.45. The van der Waals surface area contributed by atoms with Gasteiger partial charge in [0, 0.05) is 6.04 Å². The fourth-order valence-corrected chi connectivity index (χ4v) is 3.47. The minimum atomic E-state index is 0.519. The number of hydrogen-bond acceptors (Lipinski definition) is 1. The highest BCUT2D eigenvalue weighted by atomic mass is 14.9. The largest absolute Gasteiger partial charge is 0.314 e. The molecule has 0 radical (unpaired) electrons. The molecule has 0 aromatic heterocycles. The molecule has 1 heteroatoms. The maximum atomic E-state index is 3.73. The minimum Gasteiger partial charge on any atom is -0.314 e. The third-order valence-corrected chi connectivity index (χ3v) is 3.52. The van der Waals surface area contributed by atoms with Gasteiger partial charge in [-0.1, -0.05) is 41.0 Å². The molecule has 0 bridgehead atoms. The lowest BCUT2D eigenvalue weighted by atomic mass is 9.63. The molecule has 90 valence electrons. The Hall–Kier alpha value is -0.0400. The molecule has 15 heavy (non-hydrogen) atoms. The summed E-state index contributed by atoms with van der Waals surface area (Å²) in [4.78, 5) is 0. The van der Waals surface area contributed by atoms with Crippen molar-refractivity contribution in [2.45, 2.75) is 72.8 Å². The van der Waals surface area contributed by atoms with Crippen LogP contribution in [0.1, 0.15) is 66.7 Å². The zero-order valence-electron chi connectivity index (χ0n) is 11.3. The fraction of sp³-hybridized carbons (Fsp3) is 1.00. The summed E-state index contributed by atoms with van der Waals surface area (Å²) in [7, 11) is 0. The summed E-state index contributed by atoms with van der Waals surface area (Å²) in [6.07, 6.45) is 6.68. The molecule has 1 fully saturated rings. The van der Waals surface area contributed by atoms with Crippen LogP contribution in [0.2, 0.25) is 0 Å². The Bertz CT molecular complexity index is 178. The molecule has 0 aromatic carbocycles. The van der Waals surface area contributed by atoms with Crippen LogP contribution < -0.4 is 5.32 Å². The molecule has 1 saturated carbocycles. The van der Waals surface area contributed by atoms with Crippen molar-refractivity contribution < 1.29 is 0 Å². The van der Waals surface area contributed by atoms with E-state index in [1.807, 2.05) is 0 Å². The van der Waals surface area contributed by atoms with Crippen LogP contribution >= 0.6 is 0 Å². The van der Waals surface area contributed by atoms with Crippen LogP contribution in [0, 0.1) is 10.8 Å². The van der Waals surface area contributed by atoms with E-state index in [0.717, 1.165) is 6.04 Å². The summed E-state index contributed by atoms with van der Waals surface area (Å²) in [6.45, 7) is 13.1. The molecule has 1 aliphatic carbocycles. The van der Waals surface area contributed by atoms with Crippen LogP contribution in [0.15, 0.2) is 0 Å². The number of rotatable bonds is 4. The van der Waals surface area contributed by atoms with E-state index in [9.17, 15) is 0 Å². The summed E-state index contributed by atoms with van der Waals surface area (Å²) in [5.74, 6) is 0. The lowest BCUT2D eigenvalue weighted by Crippen LogP contribution is -2.44. The molecule has 0 aliphatic heterocycles. The van der Waals surface area contributed by atoms with E-state index < -0.39 is 0 Å². The van der Waals surface area contributed by atoms with Crippen molar-refractivity contribution in [1.29, 1.82) is 0 Å². The van der Waals surface area contributed by atoms with Gasteiger partial charge in [0.25, 0.3) is 0 Å². The Morgan fingerprint density at radius 1 is 1.07 bits per heavy atom. The second-order valence-electron chi connectivity index (χ2n) is 6.92. The van der Waals surface area contributed by atoms with Crippen molar-refractivity contribution >= 4 is 0 Å². The fourth-order valence-electron chi connectivity index (χ4n) is 3.47. The quantitative estimate of drug-likeness (QED) is 0.694. The highest BCUT2D eigenvalue weighted by Crippen LogP contribution is 2.45. The SMILES string of the molecule is CCCCNC1CC(C)(C)CC(C)(C)C1. The zero-order valence-corrected chi connectivity index (χ0v) is 11.3. The van der Waals surface area contributed by atoms with Gasteiger partial charge in [-0.15, -0.1) is 0 Å². The van der Waals surface area contributed by atoms with E-state index >= 15 is 0 Å². The van der Waals surface area contributed by atoms with Crippen molar-refractivity contribution in [3.05, 3.63) is 0 Å². The molecule has 1 aliphatic rings. The second kappa shape index (κ2) is 4.86. The Morgan fingerprint density at radius 2 is 1.60 bits per heavy atom. The molecular weight excluding hydrogens is 182 g/mol. The van der Waals surface area contributed by atoms with Crippen molar-refractivity contribution in [1.82, 2.24) is 5.32 Å². The molecule has 0 saturated heterocycles. The van der Waals surface area contributed by atoms with E-state index in [2.05, 4.69) is 39.9 Å². The first-order chi connectivity index (χ1) is 6.85. The van der Waals surface area contributed by atoms with Gasteiger partial charge in [0.1, 0.15) is 0 Å². The molecule has 1 rings (SSSR count). The first-order valence-electron chi connectivity index (χ1n) is 6.58. The highest BCUT2D eigenvalue weighted by Gasteiger charge is 2.37. The number of nitrogens with one attached hydrogen (secondary N) is 1. The lowest BCUT2D eigenvalue weighted by molar-refractivity contribution is 0.0851. The Kier molecular flexibility index (Phi) is 4.22. The Morgan fingerprint density at radius 3 is 2.07 bits per heavy atom. The van der Waals surface area contributed by atoms with Crippen LogP contribution in [-0.4, -0.2) is 12.6 Å². The van der Waals surface area contributed by atoms with E-state index in [1.165, 1.54) is 38.6 Å². The predicted molar refractivity (Wildman–Crippen MR) is 68.1 cm³/mol. The van der Waals surface area contributed by atoms with Gasteiger partial charge in [-0.3, -0.25) is 0 Å². The van der Waals surface area contributed by atoms with Crippen molar-refractivity contribution in [3.63, 3.8) is 0 Å². The van der Waals surface area contributed by atoms with Gasteiger partial charge in [0.05, 0.1) is 0 Å². The summed E-state index contributed by atoms with van der Waals surface area (Å²) in [5.41, 5.74) is 1.04. The molecule has 0 aromatic rings.